The molecule has 0 N–H and O–H groups in total. The van der Waals surface area contributed by atoms with E-state index in [-0.39, 0.29) is 5.82 Å². The molecule has 1 fully saturated rings. The van der Waals surface area contributed by atoms with Crippen LogP contribution in [0.5, 0.6) is 0 Å². The van der Waals surface area contributed by atoms with Gasteiger partial charge in [-0.2, -0.15) is 0 Å². The van der Waals surface area contributed by atoms with Crippen molar-refractivity contribution in [1.82, 2.24) is 10.1 Å². The predicted octanol–water partition coefficient (Wildman–Crippen LogP) is 5.86. The SMILES string of the molecule is Fc1ccc2c(CCCC3CCN(Cc4ccc(Cl)cc4)CC3)noc2c1. The zero-order valence-corrected chi connectivity index (χ0v) is 16.1. The molecule has 1 saturated heterocycles. The van der Waals surface area contributed by atoms with Crippen LogP contribution in [0.4, 0.5) is 4.39 Å². The van der Waals surface area contributed by atoms with Crippen molar-refractivity contribution in [2.45, 2.75) is 38.6 Å². The van der Waals surface area contributed by atoms with Gasteiger partial charge in [-0.25, -0.2) is 4.39 Å². The Hall–Kier alpha value is -1.91. The molecule has 142 valence electrons. The predicted molar refractivity (Wildman–Crippen MR) is 106 cm³/mol. The summed E-state index contributed by atoms with van der Waals surface area (Å²) < 4.78 is 18.5. The van der Waals surface area contributed by atoms with E-state index in [1.807, 2.05) is 12.1 Å². The fourth-order valence-electron chi connectivity index (χ4n) is 3.98. The number of nitrogens with zero attached hydrogens (tertiary/aromatic N) is 2. The number of rotatable bonds is 6. The van der Waals surface area contributed by atoms with Gasteiger partial charge in [-0.15, -0.1) is 0 Å². The molecule has 1 aromatic heterocycles. The second-order valence-corrected chi connectivity index (χ2v) is 7.94. The van der Waals surface area contributed by atoms with E-state index in [9.17, 15) is 4.39 Å². The number of hydrogen-bond acceptors (Lipinski definition) is 3. The van der Waals surface area contributed by atoms with Crippen molar-refractivity contribution in [3.8, 4) is 0 Å². The minimum Gasteiger partial charge on any atom is -0.356 e. The minimum atomic E-state index is -0.282. The molecule has 27 heavy (non-hydrogen) atoms. The molecule has 2 heterocycles. The van der Waals surface area contributed by atoms with E-state index in [0.717, 1.165) is 54.5 Å². The lowest BCUT2D eigenvalue weighted by Gasteiger charge is -2.32. The van der Waals surface area contributed by atoms with E-state index in [1.54, 1.807) is 6.07 Å². The highest BCUT2D eigenvalue weighted by atomic mass is 35.5. The highest BCUT2D eigenvalue weighted by Gasteiger charge is 2.19. The summed E-state index contributed by atoms with van der Waals surface area (Å²) in [4.78, 5) is 2.53. The molecule has 0 atom stereocenters. The van der Waals surface area contributed by atoms with E-state index in [0.29, 0.717) is 5.58 Å². The second-order valence-electron chi connectivity index (χ2n) is 7.51. The molecule has 2 aromatic carbocycles. The first-order valence-electron chi connectivity index (χ1n) is 9.68. The zero-order chi connectivity index (χ0) is 18.6. The summed E-state index contributed by atoms with van der Waals surface area (Å²) in [6.07, 6.45) is 5.70. The van der Waals surface area contributed by atoms with Crippen molar-refractivity contribution in [3.05, 3.63) is 64.6 Å². The number of fused-ring (bicyclic) bond motifs is 1. The van der Waals surface area contributed by atoms with Crippen LogP contribution in [0.25, 0.3) is 11.0 Å². The maximum absolute atomic E-state index is 13.2. The zero-order valence-electron chi connectivity index (χ0n) is 15.3. The molecule has 0 bridgehead atoms. The van der Waals surface area contributed by atoms with Crippen molar-refractivity contribution >= 4 is 22.6 Å². The third kappa shape index (κ3) is 4.69. The van der Waals surface area contributed by atoms with E-state index < -0.39 is 0 Å². The first-order chi connectivity index (χ1) is 13.2. The second kappa shape index (κ2) is 8.41. The van der Waals surface area contributed by atoms with Gasteiger partial charge in [0.05, 0.1) is 5.69 Å². The van der Waals surface area contributed by atoms with Crippen LogP contribution >= 0.6 is 11.6 Å². The van der Waals surface area contributed by atoms with Gasteiger partial charge in [-0.05, 0) is 80.9 Å². The summed E-state index contributed by atoms with van der Waals surface area (Å²) in [5.41, 5.74) is 2.82. The van der Waals surface area contributed by atoms with Crippen LogP contribution in [-0.4, -0.2) is 23.1 Å². The quantitative estimate of drug-likeness (QED) is 0.531. The molecule has 0 radical (unpaired) electrons. The molecule has 0 aliphatic carbocycles. The molecular weight excluding hydrogens is 363 g/mol. The first kappa shape index (κ1) is 18.5. The lowest BCUT2D eigenvalue weighted by Crippen LogP contribution is -2.33. The van der Waals surface area contributed by atoms with Gasteiger partial charge in [-0.1, -0.05) is 28.9 Å². The van der Waals surface area contributed by atoms with E-state index in [1.165, 1.54) is 37.0 Å². The number of benzene rings is 2. The van der Waals surface area contributed by atoms with Crippen LogP contribution in [0.3, 0.4) is 0 Å². The van der Waals surface area contributed by atoms with Crippen molar-refractivity contribution in [1.29, 1.82) is 0 Å². The van der Waals surface area contributed by atoms with Crippen molar-refractivity contribution in [2.24, 2.45) is 5.92 Å². The Morgan fingerprint density at radius 3 is 2.67 bits per heavy atom. The summed E-state index contributed by atoms with van der Waals surface area (Å²) in [5.74, 6) is 0.498. The first-order valence-corrected chi connectivity index (χ1v) is 10.1. The molecule has 0 amide bonds. The molecule has 0 unspecified atom stereocenters. The third-order valence-electron chi connectivity index (χ3n) is 5.56. The summed E-state index contributed by atoms with van der Waals surface area (Å²) in [6.45, 7) is 3.31. The molecule has 3 aromatic rings. The molecular formula is C22H24ClFN2O. The van der Waals surface area contributed by atoms with Crippen LogP contribution in [0, 0.1) is 11.7 Å². The minimum absolute atomic E-state index is 0.282. The van der Waals surface area contributed by atoms with Crippen molar-refractivity contribution in [3.63, 3.8) is 0 Å². The molecule has 1 aliphatic heterocycles. The van der Waals surface area contributed by atoms with Crippen LogP contribution < -0.4 is 0 Å². The highest BCUT2D eigenvalue weighted by molar-refractivity contribution is 6.30. The van der Waals surface area contributed by atoms with E-state index in [4.69, 9.17) is 16.1 Å². The Morgan fingerprint density at radius 2 is 1.89 bits per heavy atom. The number of likely N-dealkylation sites (tertiary alicyclic amines) is 1. The van der Waals surface area contributed by atoms with Gasteiger partial charge in [0.15, 0.2) is 5.58 Å². The van der Waals surface area contributed by atoms with Gasteiger partial charge in [0.25, 0.3) is 0 Å². The fourth-order valence-corrected chi connectivity index (χ4v) is 4.11. The Labute approximate surface area is 164 Å². The van der Waals surface area contributed by atoms with Gasteiger partial charge in [-0.3, -0.25) is 4.90 Å². The van der Waals surface area contributed by atoms with E-state index >= 15 is 0 Å². The maximum atomic E-state index is 13.2. The average Bonchev–Trinajstić information content (AvgIpc) is 3.07. The Balaban J connectivity index is 1.22. The van der Waals surface area contributed by atoms with Crippen molar-refractivity contribution in [2.75, 3.05) is 13.1 Å². The summed E-state index contributed by atoms with van der Waals surface area (Å²) >= 11 is 5.96. The normalized spacial score (nSPS) is 16.2. The Morgan fingerprint density at radius 1 is 1.11 bits per heavy atom. The van der Waals surface area contributed by atoms with Gasteiger partial charge >= 0.3 is 0 Å². The average molecular weight is 387 g/mol. The lowest BCUT2D eigenvalue weighted by molar-refractivity contribution is 0.171. The molecule has 3 nitrogen and oxygen atoms in total. The topological polar surface area (TPSA) is 29.3 Å². The highest BCUT2D eigenvalue weighted by Crippen LogP contribution is 2.26. The van der Waals surface area contributed by atoms with Gasteiger partial charge in [0.1, 0.15) is 5.82 Å². The Bertz CT molecular complexity index is 885. The maximum Gasteiger partial charge on any atom is 0.170 e. The molecule has 5 heteroatoms. The number of halogens is 2. The molecule has 4 rings (SSSR count). The van der Waals surface area contributed by atoms with Gasteiger partial charge in [0.2, 0.25) is 0 Å². The largest absolute Gasteiger partial charge is 0.356 e. The lowest BCUT2D eigenvalue weighted by atomic mass is 9.91. The summed E-state index contributed by atoms with van der Waals surface area (Å²) in [7, 11) is 0. The summed E-state index contributed by atoms with van der Waals surface area (Å²) in [6, 6.07) is 12.8. The molecule has 0 saturated carbocycles. The van der Waals surface area contributed by atoms with E-state index in [2.05, 4.69) is 22.2 Å². The third-order valence-corrected chi connectivity index (χ3v) is 5.81. The number of piperidine rings is 1. The smallest absolute Gasteiger partial charge is 0.170 e. The standard InChI is InChI=1S/C22H24ClFN2O/c23-18-6-4-17(5-7-18)15-26-12-10-16(11-13-26)2-1-3-21-20-9-8-19(24)14-22(20)27-25-21/h4-9,14,16H,1-3,10-13,15H2. The Kier molecular flexibility index (Phi) is 5.74. The van der Waals surface area contributed by atoms with Gasteiger partial charge < -0.3 is 4.52 Å². The monoisotopic (exact) mass is 386 g/mol. The van der Waals surface area contributed by atoms with Crippen LogP contribution in [0.1, 0.15) is 36.9 Å². The molecule has 0 spiro atoms. The number of hydrogen-bond donors (Lipinski definition) is 0. The van der Waals surface area contributed by atoms with Gasteiger partial charge in [0, 0.05) is 23.0 Å². The fraction of sp³-hybridized carbons (Fsp3) is 0.409. The van der Waals surface area contributed by atoms with Crippen molar-refractivity contribution < 1.29 is 8.91 Å². The number of aromatic nitrogens is 1. The number of aryl methyl sites for hydroxylation is 1. The van der Waals surface area contributed by atoms with Crippen LogP contribution in [-0.2, 0) is 13.0 Å². The van der Waals surface area contributed by atoms with Crippen LogP contribution in [0.2, 0.25) is 5.02 Å². The van der Waals surface area contributed by atoms with Crippen LogP contribution in [0.15, 0.2) is 47.0 Å². The molecule has 1 aliphatic rings. The summed E-state index contributed by atoms with van der Waals surface area (Å²) in [5, 5.41) is 5.86.